The van der Waals surface area contributed by atoms with Crippen molar-refractivity contribution < 1.29 is 34.0 Å². The highest BCUT2D eigenvalue weighted by atomic mass is 16.5. The highest BCUT2D eigenvalue weighted by molar-refractivity contribution is 5.90. The zero-order chi connectivity index (χ0) is 18.5. The molecule has 0 heterocycles. The van der Waals surface area contributed by atoms with Crippen LogP contribution in [0.25, 0.3) is 0 Å². The minimum Gasteiger partial charge on any atom is -0.489 e. The maximum Gasteiger partial charge on any atom is 0.337 e. The SMILES string of the molecule is COCCOCCOc1cc(C(=O)OC)ccc1N(CCO)CCO. The van der Waals surface area contributed by atoms with Crippen molar-refractivity contribution in [3.63, 3.8) is 0 Å². The number of aliphatic hydroxyl groups excluding tert-OH is 2. The summed E-state index contributed by atoms with van der Waals surface area (Å²) >= 11 is 0. The number of esters is 1. The number of carbonyl (C=O) groups excluding carboxylic acids is 1. The lowest BCUT2D eigenvalue weighted by molar-refractivity contribution is 0.0543. The summed E-state index contributed by atoms with van der Waals surface area (Å²) in [6, 6.07) is 4.90. The van der Waals surface area contributed by atoms with E-state index in [0.717, 1.165) is 0 Å². The first-order valence-electron chi connectivity index (χ1n) is 8.06. The molecule has 0 aliphatic carbocycles. The number of hydrogen-bond acceptors (Lipinski definition) is 8. The number of nitrogens with zero attached hydrogens (tertiary/aromatic N) is 1. The summed E-state index contributed by atoms with van der Waals surface area (Å²) in [7, 11) is 2.91. The molecule has 0 saturated heterocycles. The van der Waals surface area contributed by atoms with Gasteiger partial charge in [-0.3, -0.25) is 0 Å². The number of hydrogen-bond donors (Lipinski definition) is 2. The van der Waals surface area contributed by atoms with E-state index in [4.69, 9.17) is 18.9 Å². The van der Waals surface area contributed by atoms with Crippen LogP contribution in [0.2, 0.25) is 0 Å². The fourth-order valence-corrected chi connectivity index (χ4v) is 2.18. The smallest absolute Gasteiger partial charge is 0.337 e. The summed E-state index contributed by atoms with van der Waals surface area (Å²) in [6.07, 6.45) is 0. The standard InChI is InChI=1S/C17H27NO7/c1-22-9-10-24-11-12-25-16-13-14(17(21)23-2)3-4-15(16)18(5-7-19)6-8-20/h3-4,13,19-20H,5-12H2,1-2H3. The Bertz CT molecular complexity index is 504. The van der Waals surface area contributed by atoms with E-state index in [2.05, 4.69) is 0 Å². The second kappa shape index (κ2) is 12.5. The van der Waals surface area contributed by atoms with Gasteiger partial charge in [0.15, 0.2) is 0 Å². The van der Waals surface area contributed by atoms with Crippen molar-refractivity contribution in [3.05, 3.63) is 23.8 Å². The van der Waals surface area contributed by atoms with Crippen molar-refractivity contribution in [1.29, 1.82) is 0 Å². The molecule has 0 atom stereocenters. The van der Waals surface area contributed by atoms with Crippen molar-refractivity contribution in [3.8, 4) is 5.75 Å². The molecule has 142 valence electrons. The minimum atomic E-state index is -0.469. The monoisotopic (exact) mass is 357 g/mol. The van der Waals surface area contributed by atoms with Gasteiger partial charge in [0.2, 0.25) is 0 Å². The Balaban J connectivity index is 2.87. The van der Waals surface area contributed by atoms with Crippen LogP contribution in [0.3, 0.4) is 0 Å². The minimum absolute atomic E-state index is 0.0711. The summed E-state index contributed by atoms with van der Waals surface area (Å²) in [5, 5.41) is 18.4. The van der Waals surface area contributed by atoms with E-state index in [1.807, 2.05) is 0 Å². The molecule has 0 radical (unpaired) electrons. The first-order chi connectivity index (χ1) is 12.2. The van der Waals surface area contributed by atoms with Gasteiger partial charge < -0.3 is 34.1 Å². The third-order valence-electron chi connectivity index (χ3n) is 3.38. The van der Waals surface area contributed by atoms with Crippen LogP contribution in [0, 0.1) is 0 Å². The Kier molecular flexibility index (Phi) is 10.6. The maximum atomic E-state index is 11.7. The van der Waals surface area contributed by atoms with Gasteiger partial charge in [-0.25, -0.2) is 4.79 Å². The molecule has 0 aliphatic rings. The topological polar surface area (TPSA) is 97.7 Å². The third-order valence-corrected chi connectivity index (χ3v) is 3.38. The first kappa shape index (κ1) is 21.2. The number of methoxy groups -OCH3 is 2. The first-order valence-corrected chi connectivity index (χ1v) is 8.06. The molecule has 0 aliphatic heterocycles. The van der Waals surface area contributed by atoms with Crippen LogP contribution in [0.1, 0.15) is 10.4 Å². The summed E-state index contributed by atoms with van der Waals surface area (Å²) in [6.45, 7) is 2.15. The van der Waals surface area contributed by atoms with Crippen LogP contribution in [0.5, 0.6) is 5.75 Å². The van der Waals surface area contributed by atoms with E-state index < -0.39 is 5.97 Å². The summed E-state index contributed by atoms with van der Waals surface area (Å²) in [5.41, 5.74) is 1.03. The predicted octanol–water partition coefficient (Wildman–Crippen LogP) is 0.306. The Morgan fingerprint density at radius 3 is 2.32 bits per heavy atom. The summed E-state index contributed by atoms with van der Waals surface area (Å²) in [5.74, 6) is -0.0104. The number of benzene rings is 1. The molecule has 1 aromatic rings. The average Bonchev–Trinajstić information content (AvgIpc) is 2.63. The second-order valence-electron chi connectivity index (χ2n) is 5.06. The van der Waals surface area contributed by atoms with E-state index in [-0.39, 0.29) is 19.8 Å². The van der Waals surface area contributed by atoms with E-state index >= 15 is 0 Å². The fraction of sp³-hybridized carbons (Fsp3) is 0.588. The Morgan fingerprint density at radius 2 is 1.72 bits per heavy atom. The van der Waals surface area contributed by atoms with Crippen molar-refractivity contribution >= 4 is 11.7 Å². The van der Waals surface area contributed by atoms with Crippen molar-refractivity contribution in [1.82, 2.24) is 0 Å². The number of ether oxygens (including phenoxy) is 4. The Labute approximate surface area is 147 Å². The molecule has 0 saturated carbocycles. The molecule has 8 heteroatoms. The average molecular weight is 357 g/mol. The highest BCUT2D eigenvalue weighted by Crippen LogP contribution is 2.30. The van der Waals surface area contributed by atoms with Gasteiger partial charge in [0.05, 0.1) is 51.4 Å². The zero-order valence-corrected chi connectivity index (χ0v) is 14.8. The van der Waals surface area contributed by atoms with Crippen LogP contribution in [0.15, 0.2) is 18.2 Å². The largest absolute Gasteiger partial charge is 0.489 e. The van der Waals surface area contributed by atoms with E-state index in [0.29, 0.717) is 49.9 Å². The second-order valence-corrected chi connectivity index (χ2v) is 5.06. The van der Waals surface area contributed by atoms with Crippen LogP contribution in [0.4, 0.5) is 5.69 Å². The normalized spacial score (nSPS) is 10.6. The molecule has 0 fully saturated rings. The van der Waals surface area contributed by atoms with Gasteiger partial charge in [-0.05, 0) is 18.2 Å². The van der Waals surface area contributed by atoms with Crippen LogP contribution >= 0.6 is 0 Å². The fourth-order valence-electron chi connectivity index (χ4n) is 2.18. The van der Waals surface area contributed by atoms with Crippen molar-refractivity contribution in [2.75, 3.05) is 71.9 Å². The molecule has 2 N–H and O–H groups in total. The van der Waals surface area contributed by atoms with E-state index in [9.17, 15) is 15.0 Å². The maximum absolute atomic E-state index is 11.7. The molecule has 0 aromatic heterocycles. The number of anilines is 1. The lowest BCUT2D eigenvalue weighted by Gasteiger charge is -2.25. The summed E-state index contributed by atoms with van der Waals surface area (Å²) < 4.78 is 20.7. The highest BCUT2D eigenvalue weighted by Gasteiger charge is 2.15. The molecule has 0 bridgehead atoms. The van der Waals surface area contributed by atoms with Gasteiger partial charge in [0.1, 0.15) is 12.4 Å². The van der Waals surface area contributed by atoms with Crippen molar-refractivity contribution in [2.24, 2.45) is 0 Å². The number of aliphatic hydroxyl groups is 2. The third kappa shape index (κ3) is 7.27. The molecule has 25 heavy (non-hydrogen) atoms. The molecule has 0 unspecified atom stereocenters. The van der Waals surface area contributed by atoms with Gasteiger partial charge in [-0.2, -0.15) is 0 Å². The molecule has 8 nitrogen and oxygen atoms in total. The van der Waals surface area contributed by atoms with Gasteiger partial charge in [-0.15, -0.1) is 0 Å². The molecule has 1 rings (SSSR count). The van der Waals surface area contributed by atoms with E-state index in [1.165, 1.54) is 7.11 Å². The van der Waals surface area contributed by atoms with Crippen molar-refractivity contribution in [2.45, 2.75) is 0 Å². The van der Waals surface area contributed by atoms with E-state index in [1.54, 1.807) is 30.2 Å². The van der Waals surface area contributed by atoms with Crippen LogP contribution in [-0.4, -0.2) is 83.1 Å². The molecule has 1 aromatic carbocycles. The molecule has 0 spiro atoms. The van der Waals surface area contributed by atoms with Gasteiger partial charge in [-0.1, -0.05) is 0 Å². The number of carbonyl (C=O) groups is 1. The van der Waals surface area contributed by atoms with Crippen LogP contribution < -0.4 is 9.64 Å². The lowest BCUT2D eigenvalue weighted by Crippen LogP contribution is -2.30. The van der Waals surface area contributed by atoms with Gasteiger partial charge in [0, 0.05) is 20.2 Å². The molecule has 0 amide bonds. The molecular weight excluding hydrogens is 330 g/mol. The quantitative estimate of drug-likeness (QED) is 0.384. The zero-order valence-electron chi connectivity index (χ0n) is 14.8. The lowest BCUT2D eigenvalue weighted by atomic mass is 10.1. The van der Waals surface area contributed by atoms with Crippen LogP contribution in [-0.2, 0) is 14.2 Å². The van der Waals surface area contributed by atoms with Gasteiger partial charge in [0.25, 0.3) is 0 Å². The number of rotatable bonds is 13. The Hall–Kier alpha value is -1.87. The van der Waals surface area contributed by atoms with Gasteiger partial charge >= 0.3 is 5.97 Å². The predicted molar refractivity (Wildman–Crippen MR) is 92.4 cm³/mol. The summed E-state index contributed by atoms with van der Waals surface area (Å²) in [4.78, 5) is 13.5. The molecular formula is C17H27NO7. The Morgan fingerprint density at radius 1 is 1.04 bits per heavy atom.